The molecule has 0 aliphatic heterocycles. The van der Waals surface area contributed by atoms with Crippen LogP contribution in [0.2, 0.25) is 0 Å². The highest BCUT2D eigenvalue weighted by Gasteiger charge is 2.30. The Kier molecular flexibility index (Phi) is 6.81. The van der Waals surface area contributed by atoms with Crippen molar-refractivity contribution in [3.05, 3.63) is 65.5 Å². The number of rotatable bonds is 9. The molecule has 0 N–H and O–H groups in total. The van der Waals surface area contributed by atoms with Crippen molar-refractivity contribution in [3.63, 3.8) is 0 Å². The molecule has 0 fully saturated rings. The average molecular weight is 392 g/mol. The van der Waals surface area contributed by atoms with Gasteiger partial charge in [0.15, 0.2) is 5.78 Å². The van der Waals surface area contributed by atoms with E-state index in [4.69, 9.17) is 9.26 Å². The Bertz CT molecular complexity index is 928. The van der Waals surface area contributed by atoms with Crippen molar-refractivity contribution in [3.8, 4) is 17.1 Å². The third kappa shape index (κ3) is 5.31. The molecule has 1 heterocycles. The van der Waals surface area contributed by atoms with Crippen LogP contribution in [0.5, 0.6) is 5.75 Å². The molecule has 1 aromatic heterocycles. The molecule has 5 nitrogen and oxygen atoms in total. The van der Waals surface area contributed by atoms with Gasteiger partial charge >= 0.3 is 0 Å². The largest absolute Gasteiger partial charge is 0.486 e. The fourth-order valence-electron chi connectivity index (χ4n) is 3.26. The van der Waals surface area contributed by atoms with Gasteiger partial charge in [-0.15, -0.1) is 0 Å². The van der Waals surface area contributed by atoms with Gasteiger partial charge in [-0.1, -0.05) is 74.3 Å². The lowest BCUT2D eigenvalue weighted by Crippen LogP contribution is -2.24. The maximum Gasteiger partial charge on any atom is 0.237 e. The topological polar surface area (TPSA) is 65.2 Å². The molecule has 0 amide bonds. The summed E-state index contributed by atoms with van der Waals surface area (Å²) >= 11 is 0. The van der Waals surface area contributed by atoms with Crippen molar-refractivity contribution >= 4 is 5.78 Å². The Morgan fingerprint density at radius 3 is 2.38 bits per heavy atom. The van der Waals surface area contributed by atoms with E-state index in [0.29, 0.717) is 17.5 Å². The summed E-state index contributed by atoms with van der Waals surface area (Å²) in [6.07, 6.45) is 2.14. The number of hydrogen-bond acceptors (Lipinski definition) is 5. The van der Waals surface area contributed by atoms with Gasteiger partial charge in [0.25, 0.3) is 0 Å². The number of ketones is 1. The summed E-state index contributed by atoms with van der Waals surface area (Å²) in [6.45, 7) is 8.08. The van der Waals surface area contributed by atoms with Crippen LogP contribution in [-0.2, 0) is 11.2 Å². The number of ether oxygens (including phenoxy) is 1. The van der Waals surface area contributed by atoms with Crippen molar-refractivity contribution in [2.75, 3.05) is 6.61 Å². The van der Waals surface area contributed by atoms with E-state index in [0.717, 1.165) is 24.0 Å². The molecule has 0 spiro atoms. The lowest BCUT2D eigenvalue weighted by atomic mass is 9.91. The van der Waals surface area contributed by atoms with Crippen molar-refractivity contribution < 1.29 is 14.1 Å². The number of aryl methyl sites for hydroxylation is 2. The molecule has 0 saturated carbocycles. The summed E-state index contributed by atoms with van der Waals surface area (Å²) in [5, 5.41) is 4.07. The Hall–Kier alpha value is -2.95. The summed E-state index contributed by atoms with van der Waals surface area (Å²) in [5.74, 6) is 0.960. The van der Waals surface area contributed by atoms with Gasteiger partial charge in [0, 0.05) is 5.56 Å². The molecular weight excluding hydrogens is 364 g/mol. The van der Waals surface area contributed by atoms with Crippen LogP contribution in [0, 0.1) is 12.8 Å². The minimum atomic E-state index is -0.499. The quantitative estimate of drug-likeness (QED) is 0.489. The van der Waals surface area contributed by atoms with Gasteiger partial charge in [-0.3, -0.25) is 4.79 Å². The molecule has 0 saturated heterocycles. The van der Waals surface area contributed by atoms with E-state index < -0.39 is 5.92 Å². The number of hydrogen-bond donors (Lipinski definition) is 0. The van der Waals surface area contributed by atoms with E-state index in [1.807, 2.05) is 69.3 Å². The second-order valence-corrected chi connectivity index (χ2v) is 7.69. The molecular formula is C24H28N2O3. The number of nitrogens with zero attached hydrogens (tertiary/aromatic N) is 2. The molecule has 152 valence electrons. The van der Waals surface area contributed by atoms with Crippen LogP contribution >= 0.6 is 0 Å². The first-order valence-electron chi connectivity index (χ1n) is 10.1. The monoisotopic (exact) mass is 392 g/mol. The third-order valence-electron chi connectivity index (χ3n) is 4.87. The zero-order valence-corrected chi connectivity index (χ0v) is 17.5. The predicted molar refractivity (Wildman–Crippen MR) is 113 cm³/mol. The molecule has 1 unspecified atom stereocenters. The van der Waals surface area contributed by atoms with Crippen LogP contribution in [0.25, 0.3) is 11.4 Å². The van der Waals surface area contributed by atoms with Crippen molar-refractivity contribution in [1.82, 2.24) is 10.1 Å². The van der Waals surface area contributed by atoms with Gasteiger partial charge in [-0.05, 0) is 37.0 Å². The van der Waals surface area contributed by atoms with E-state index in [9.17, 15) is 4.79 Å². The summed E-state index contributed by atoms with van der Waals surface area (Å²) < 4.78 is 11.2. The Morgan fingerprint density at radius 2 is 1.76 bits per heavy atom. The summed E-state index contributed by atoms with van der Waals surface area (Å²) in [4.78, 5) is 17.4. The van der Waals surface area contributed by atoms with Crippen LogP contribution < -0.4 is 4.74 Å². The number of aromatic nitrogens is 2. The minimum absolute atomic E-state index is 0.0179. The predicted octanol–water partition coefficient (Wildman–Crippen LogP) is 5.39. The van der Waals surface area contributed by atoms with Crippen LogP contribution in [0.15, 0.2) is 53.1 Å². The minimum Gasteiger partial charge on any atom is -0.486 e. The van der Waals surface area contributed by atoms with E-state index in [-0.39, 0.29) is 18.3 Å². The van der Waals surface area contributed by atoms with Gasteiger partial charge in [0.1, 0.15) is 18.3 Å². The molecule has 0 aliphatic rings. The molecule has 1 atom stereocenters. The Balaban J connectivity index is 1.69. The molecule has 2 aromatic carbocycles. The SMILES string of the molecule is CCCc1ccc(OCC(=O)C(c2nc(-c3ccc(C)cc3)no2)C(C)C)cc1. The number of carbonyl (C=O) groups excluding carboxylic acids is 1. The molecule has 0 radical (unpaired) electrons. The molecule has 0 bridgehead atoms. The first-order valence-corrected chi connectivity index (χ1v) is 10.1. The van der Waals surface area contributed by atoms with E-state index in [1.165, 1.54) is 5.56 Å². The summed E-state index contributed by atoms with van der Waals surface area (Å²) in [5.41, 5.74) is 3.29. The lowest BCUT2D eigenvalue weighted by molar-refractivity contribution is -0.124. The lowest BCUT2D eigenvalue weighted by Gasteiger charge is -2.16. The van der Waals surface area contributed by atoms with E-state index >= 15 is 0 Å². The maximum atomic E-state index is 12.9. The normalized spacial score (nSPS) is 12.2. The van der Waals surface area contributed by atoms with Gasteiger partial charge in [-0.25, -0.2) is 0 Å². The molecule has 5 heteroatoms. The zero-order chi connectivity index (χ0) is 20.8. The Labute approximate surface area is 172 Å². The number of benzene rings is 2. The highest BCUT2D eigenvalue weighted by atomic mass is 16.5. The smallest absolute Gasteiger partial charge is 0.237 e. The van der Waals surface area contributed by atoms with Crippen molar-refractivity contribution in [1.29, 1.82) is 0 Å². The van der Waals surface area contributed by atoms with Gasteiger partial charge in [-0.2, -0.15) is 4.98 Å². The van der Waals surface area contributed by atoms with Gasteiger partial charge < -0.3 is 9.26 Å². The molecule has 29 heavy (non-hydrogen) atoms. The summed E-state index contributed by atoms with van der Waals surface area (Å²) in [7, 11) is 0. The number of Topliss-reactive ketones (excluding diaryl/α,β-unsaturated/α-hetero) is 1. The highest BCUT2D eigenvalue weighted by molar-refractivity contribution is 5.86. The maximum absolute atomic E-state index is 12.9. The molecule has 3 rings (SSSR count). The summed E-state index contributed by atoms with van der Waals surface area (Å²) in [6, 6.07) is 15.8. The molecule has 3 aromatic rings. The van der Waals surface area contributed by atoms with Gasteiger partial charge in [0.2, 0.25) is 11.7 Å². The van der Waals surface area contributed by atoms with Gasteiger partial charge in [0.05, 0.1) is 0 Å². The fourth-order valence-corrected chi connectivity index (χ4v) is 3.26. The second kappa shape index (κ2) is 9.50. The third-order valence-corrected chi connectivity index (χ3v) is 4.87. The van der Waals surface area contributed by atoms with Crippen LogP contribution in [0.3, 0.4) is 0 Å². The van der Waals surface area contributed by atoms with E-state index in [2.05, 4.69) is 17.1 Å². The van der Waals surface area contributed by atoms with Crippen LogP contribution in [0.1, 0.15) is 50.1 Å². The standard InChI is InChI=1S/C24H28N2O3/c1-5-6-18-9-13-20(14-10-18)28-15-21(27)22(16(2)3)24-25-23(26-29-24)19-11-7-17(4)8-12-19/h7-14,16,22H,5-6,15H2,1-4H3. The number of carbonyl (C=O) groups is 1. The Morgan fingerprint density at radius 1 is 1.07 bits per heavy atom. The second-order valence-electron chi connectivity index (χ2n) is 7.69. The van der Waals surface area contributed by atoms with Crippen LogP contribution in [-0.4, -0.2) is 22.5 Å². The van der Waals surface area contributed by atoms with Crippen molar-refractivity contribution in [2.45, 2.75) is 46.5 Å². The first kappa shape index (κ1) is 20.8. The molecule has 0 aliphatic carbocycles. The van der Waals surface area contributed by atoms with Crippen molar-refractivity contribution in [2.24, 2.45) is 5.92 Å². The van der Waals surface area contributed by atoms with Crippen LogP contribution in [0.4, 0.5) is 0 Å². The zero-order valence-electron chi connectivity index (χ0n) is 17.5. The fraction of sp³-hybridized carbons (Fsp3) is 0.375. The highest BCUT2D eigenvalue weighted by Crippen LogP contribution is 2.27. The first-order chi connectivity index (χ1) is 14.0. The van der Waals surface area contributed by atoms with E-state index in [1.54, 1.807) is 0 Å². The average Bonchev–Trinajstić information content (AvgIpc) is 3.17.